The number of thiophene rings is 1. The molecule has 0 amide bonds. The second-order valence-corrected chi connectivity index (χ2v) is 9.20. The lowest BCUT2D eigenvalue weighted by atomic mass is 9.96. The molecule has 2 N–H and O–H groups in total. The third-order valence-corrected chi connectivity index (χ3v) is 7.58. The summed E-state index contributed by atoms with van der Waals surface area (Å²) in [5.41, 5.74) is 0.205. The molecule has 2 saturated heterocycles. The van der Waals surface area contributed by atoms with Crippen LogP contribution in [0.3, 0.4) is 0 Å². The number of nitrogens with one attached hydrogen (secondary N) is 2. The molecule has 1 aromatic rings. The molecule has 0 aromatic carbocycles. The summed E-state index contributed by atoms with van der Waals surface area (Å²) in [5, 5.41) is 9.12. The summed E-state index contributed by atoms with van der Waals surface area (Å²) in [4.78, 5) is 9.04. The number of nitrogens with zero attached hydrogens (tertiary/aromatic N) is 2. The van der Waals surface area contributed by atoms with Gasteiger partial charge >= 0.3 is 0 Å². The van der Waals surface area contributed by atoms with Gasteiger partial charge in [0.05, 0.1) is 25.3 Å². The molecule has 1 aromatic heterocycles. The van der Waals surface area contributed by atoms with E-state index in [4.69, 9.17) is 9.73 Å². The average molecular weight is 525 g/mol. The van der Waals surface area contributed by atoms with E-state index < -0.39 is 0 Å². The van der Waals surface area contributed by atoms with Crippen LogP contribution in [0.25, 0.3) is 0 Å². The molecule has 2 aliphatic heterocycles. The van der Waals surface area contributed by atoms with E-state index in [1.165, 1.54) is 22.8 Å². The number of thioether (sulfide) groups is 1. The third-order valence-electron chi connectivity index (χ3n) is 5.24. The predicted molar refractivity (Wildman–Crippen MR) is 129 cm³/mol. The summed E-state index contributed by atoms with van der Waals surface area (Å²) in [6, 6.07) is 4.34. The second-order valence-electron chi connectivity index (χ2n) is 7.12. The highest BCUT2D eigenvalue weighted by Crippen LogP contribution is 2.34. The van der Waals surface area contributed by atoms with Gasteiger partial charge in [-0.2, -0.15) is 11.8 Å². The monoisotopic (exact) mass is 524 g/mol. The lowest BCUT2D eigenvalue weighted by Crippen LogP contribution is -2.56. The van der Waals surface area contributed by atoms with E-state index in [1.807, 2.05) is 11.3 Å². The van der Waals surface area contributed by atoms with Gasteiger partial charge in [-0.3, -0.25) is 9.89 Å². The minimum Gasteiger partial charge on any atom is -0.379 e. The second kappa shape index (κ2) is 11.8. The minimum atomic E-state index is 0. The van der Waals surface area contributed by atoms with E-state index >= 15 is 0 Å². The first-order chi connectivity index (χ1) is 12.7. The Morgan fingerprint density at radius 2 is 2.19 bits per heavy atom. The Morgan fingerprint density at radius 3 is 2.81 bits per heavy atom. The van der Waals surface area contributed by atoms with E-state index in [9.17, 15) is 0 Å². The molecule has 2 unspecified atom stereocenters. The molecular formula is C19H33IN4OS2. The maximum Gasteiger partial charge on any atom is 0.191 e. The van der Waals surface area contributed by atoms with Crippen LogP contribution in [-0.4, -0.2) is 73.8 Å². The van der Waals surface area contributed by atoms with Gasteiger partial charge in [-0.15, -0.1) is 35.3 Å². The van der Waals surface area contributed by atoms with Gasteiger partial charge < -0.3 is 15.4 Å². The Bertz CT molecular complexity index is 558. The summed E-state index contributed by atoms with van der Waals surface area (Å²) in [5.74, 6) is 3.86. The highest BCUT2D eigenvalue weighted by Gasteiger charge is 2.40. The maximum atomic E-state index is 5.56. The number of morpholine rings is 1. The summed E-state index contributed by atoms with van der Waals surface area (Å²) in [7, 11) is 0. The van der Waals surface area contributed by atoms with Gasteiger partial charge in [0.1, 0.15) is 0 Å². The van der Waals surface area contributed by atoms with E-state index in [-0.39, 0.29) is 29.5 Å². The van der Waals surface area contributed by atoms with Crippen LogP contribution in [0.2, 0.25) is 0 Å². The normalized spacial score (nSPS) is 25.0. The van der Waals surface area contributed by atoms with E-state index in [0.29, 0.717) is 5.92 Å². The highest BCUT2D eigenvalue weighted by atomic mass is 127. The van der Waals surface area contributed by atoms with Crippen molar-refractivity contribution in [1.29, 1.82) is 0 Å². The molecule has 3 rings (SSSR count). The minimum absolute atomic E-state index is 0. The number of rotatable bonds is 7. The molecule has 154 valence electrons. The van der Waals surface area contributed by atoms with Crippen molar-refractivity contribution in [3.05, 3.63) is 22.4 Å². The van der Waals surface area contributed by atoms with Crippen LogP contribution in [0.4, 0.5) is 0 Å². The van der Waals surface area contributed by atoms with Crippen LogP contribution < -0.4 is 10.6 Å². The first kappa shape index (κ1) is 23.3. The molecule has 0 spiro atoms. The quantitative estimate of drug-likeness (QED) is 0.326. The van der Waals surface area contributed by atoms with Crippen molar-refractivity contribution >= 4 is 53.0 Å². The van der Waals surface area contributed by atoms with Gasteiger partial charge in [0, 0.05) is 42.7 Å². The summed E-state index contributed by atoms with van der Waals surface area (Å²) in [6.45, 7) is 10.8. The third kappa shape index (κ3) is 6.48. The van der Waals surface area contributed by atoms with Gasteiger partial charge in [-0.25, -0.2) is 0 Å². The molecule has 0 saturated carbocycles. The zero-order chi connectivity index (χ0) is 18.2. The van der Waals surface area contributed by atoms with Crippen molar-refractivity contribution in [3.63, 3.8) is 0 Å². The van der Waals surface area contributed by atoms with E-state index in [1.54, 1.807) is 0 Å². The van der Waals surface area contributed by atoms with Gasteiger partial charge in [-0.1, -0.05) is 13.0 Å². The number of aliphatic imine (C=N–C) groups is 1. The zero-order valence-corrected chi connectivity index (χ0v) is 20.4. The highest BCUT2D eigenvalue weighted by molar-refractivity contribution is 14.0. The molecular weight excluding hydrogens is 491 g/mol. The number of hydrogen-bond acceptors (Lipinski definition) is 5. The largest absolute Gasteiger partial charge is 0.379 e. The molecule has 8 heteroatoms. The van der Waals surface area contributed by atoms with Gasteiger partial charge in [0.2, 0.25) is 0 Å². The van der Waals surface area contributed by atoms with Crippen LogP contribution >= 0.6 is 47.1 Å². The first-order valence-corrected chi connectivity index (χ1v) is 11.7. The van der Waals surface area contributed by atoms with Gasteiger partial charge in [0.15, 0.2) is 5.96 Å². The fourth-order valence-electron chi connectivity index (χ4n) is 3.60. The molecule has 0 bridgehead atoms. The van der Waals surface area contributed by atoms with Crippen LogP contribution in [0.15, 0.2) is 22.5 Å². The standard InChI is InChI=1S/C19H32N4OS2.HI/c1-3-20-18(21-13-16(2)17-5-4-11-26-17)22-14-19(6-12-25-15-19)23-7-9-24-10-8-23;/h4-5,11,16H,3,6-10,12-15H2,1-2H3,(H2,20,21,22);1H. The zero-order valence-electron chi connectivity index (χ0n) is 16.4. The fraction of sp³-hybridized carbons (Fsp3) is 0.737. The van der Waals surface area contributed by atoms with Crippen molar-refractivity contribution in [2.75, 3.05) is 57.4 Å². The van der Waals surface area contributed by atoms with E-state index in [2.05, 4.69) is 58.7 Å². The molecule has 0 radical (unpaired) electrons. The molecule has 0 aliphatic carbocycles. The average Bonchev–Trinajstić information content (AvgIpc) is 3.37. The van der Waals surface area contributed by atoms with Crippen LogP contribution in [0.1, 0.15) is 31.1 Å². The smallest absolute Gasteiger partial charge is 0.191 e. The van der Waals surface area contributed by atoms with Crippen LogP contribution in [0.5, 0.6) is 0 Å². The Kier molecular flexibility index (Phi) is 10.2. The Labute approximate surface area is 189 Å². The molecule has 2 fully saturated rings. The molecule has 3 heterocycles. The van der Waals surface area contributed by atoms with Crippen molar-refractivity contribution in [3.8, 4) is 0 Å². The number of halogens is 1. The van der Waals surface area contributed by atoms with Crippen molar-refractivity contribution in [1.82, 2.24) is 15.5 Å². The first-order valence-electron chi connectivity index (χ1n) is 9.69. The Morgan fingerprint density at radius 1 is 1.37 bits per heavy atom. The van der Waals surface area contributed by atoms with Crippen molar-refractivity contribution in [2.45, 2.75) is 31.7 Å². The van der Waals surface area contributed by atoms with E-state index in [0.717, 1.165) is 51.9 Å². The molecule has 27 heavy (non-hydrogen) atoms. The van der Waals surface area contributed by atoms with Crippen LogP contribution in [-0.2, 0) is 4.74 Å². The SMILES string of the molecule is CCNC(=NCC1(N2CCOCC2)CCSC1)NCC(C)c1cccs1.I. The van der Waals surface area contributed by atoms with Gasteiger partial charge in [0.25, 0.3) is 0 Å². The van der Waals surface area contributed by atoms with Crippen molar-refractivity contribution in [2.24, 2.45) is 4.99 Å². The topological polar surface area (TPSA) is 48.9 Å². The summed E-state index contributed by atoms with van der Waals surface area (Å²) >= 11 is 3.89. The maximum absolute atomic E-state index is 5.56. The number of ether oxygens (including phenoxy) is 1. The number of hydrogen-bond donors (Lipinski definition) is 2. The molecule has 2 aliphatic rings. The van der Waals surface area contributed by atoms with Gasteiger partial charge in [-0.05, 0) is 30.5 Å². The molecule has 2 atom stereocenters. The number of guanidine groups is 1. The van der Waals surface area contributed by atoms with Crippen molar-refractivity contribution < 1.29 is 4.74 Å². The molecule has 5 nitrogen and oxygen atoms in total. The Balaban J connectivity index is 0.00000261. The summed E-state index contributed by atoms with van der Waals surface area (Å²) < 4.78 is 5.56. The Hall–Kier alpha value is -0.0300. The lowest BCUT2D eigenvalue weighted by molar-refractivity contribution is -0.0104. The predicted octanol–water partition coefficient (Wildman–Crippen LogP) is 3.23. The van der Waals surface area contributed by atoms with Crippen LogP contribution in [0, 0.1) is 0 Å². The summed E-state index contributed by atoms with van der Waals surface area (Å²) in [6.07, 6.45) is 1.23. The lowest BCUT2D eigenvalue weighted by Gasteiger charge is -2.42. The fourth-order valence-corrected chi connectivity index (χ4v) is 5.85.